The Morgan fingerprint density at radius 3 is 2.44 bits per heavy atom. The normalized spacial score (nSPS) is 23.4. The molecule has 0 heterocycles. The molecule has 0 saturated heterocycles. The van der Waals surface area contributed by atoms with Gasteiger partial charge in [-0.1, -0.05) is 0 Å². The first-order valence-electron chi connectivity index (χ1n) is 6.00. The van der Waals surface area contributed by atoms with Crippen LogP contribution in [0, 0.1) is 0 Å². The van der Waals surface area contributed by atoms with Gasteiger partial charge in [0.05, 0.1) is 11.0 Å². The number of sulfonamides is 1. The van der Waals surface area contributed by atoms with Gasteiger partial charge in [0.2, 0.25) is 10.0 Å². The van der Waals surface area contributed by atoms with Gasteiger partial charge in [0, 0.05) is 18.3 Å². The zero-order valence-corrected chi connectivity index (χ0v) is 11.1. The Hall–Kier alpha value is -1.11. The molecule has 1 aliphatic rings. The average Bonchev–Trinajstić information content (AvgIpc) is 2.26. The maximum absolute atomic E-state index is 11.1. The Bertz CT molecular complexity index is 493. The summed E-state index contributed by atoms with van der Waals surface area (Å²) < 4.78 is 27.7. The van der Waals surface area contributed by atoms with Crippen LogP contribution < -0.4 is 10.5 Å². The molecule has 0 spiro atoms. The molecular formula is C12H18N2O3S. The molecule has 0 aliphatic heterocycles. The van der Waals surface area contributed by atoms with E-state index in [9.17, 15) is 8.42 Å². The van der Waals surface area contributed by atoms with Gasteiger partial charge in [0.15, 0.2) is 0 Å². The van der Waals surface area contributed by atoms with Crippen LogP contribution in [-0.2, 0) is 14.8 Å². The monoisotopic (exact) mass is 270 g/mol. The third-order valence-corrected chi connectivity index (χ3v) is 3.98. The van der Waals surface area contributed by atoms with E-state index in [1.807, 2.05) is 6.92 Å². The van der Waals surface area contributed by atoms with Gasteiger partial charge in [0.25, 0.3) is 0 Å². The minimum atomic E-state index is -3.60. The van der Waals surface area contributed by atoms with Crippen LogP contribution in [-0.4, -0.2) is 27.2 Å². The summed E-state index contributed by atoms with van der Waals surface area (Å²) in [5.74, 6) is 0. The molecule has 5 nitrogen and oxygen atoms in total. The van der Waals surface area contributed by atoms with E-state index in [1.165, 1.54) is 12.1 Å². The van der Waals surface area contributed by atoms with Crippen molar-refractivity contribution in [3.63, 3.8) is 0 Å². The number of benzene rings is 1. The molecule has 0 unspecified atom stereocenters. The topological polar surface area (TPSA) is 81.4 Å². The summed E-state index contributed by atoms with van der Waals surface area (Å²) in [6.45, 7) is 2.74. The molecule has 1 aromatic carbocycles. The molecule has 6 heteroatoms. The van der Waals surface area contributed by atoms with Crippen molar-refractivity contribution in [3.05, 3.63) is 24.3 Å². The lowest BCUT2D eigenvalue weighted by Gasteiger charge is -2.36. The summed E-state index contributed by atoms with van der Waals surface area (Å²) >= 11 is 0. The zero-order chi connectivity index (χ0) is 13.2. The maximum atomic E-state index is 11.1. The van der Waals surface area contributed by atoms with Crippen molar-refractivity contribution in [2.45, 2.75) is 36.8 Å². The van der Waals surface area contributed by atoms with Gasteiger partial charge >= 0.3 is 0 Å². The highest BCUT2D eigenvalue weighted by Crippen LogP contribution is 2.27. The van der Waals surface area contributed by atoms with Crippen LogP contribution in [0.5, 0.6) is 0 Å². The molecule has 0 radical (unpaired) electrons. The van der Waals surface area contributed by atoms with E-state index in [0.717, 1.165) is 25.1 Å². The zero-order valence-electron chi connectivity index (χ0n) is 10.3. The first kappa shape index (κ1) is 13.3. The molecule has 1 fully saturated rings. The van der Waals surface area contributed by atoms with Crippen LogP contribution in [0.3, 0.4) is 0 Å². The molecule has 18 heavy (non-hydrogen) atoms. The second kappa shape index (κ2) is 5.26. The first-order valence-corrected chi connectivity index (χ1v) is 7.54. The minimum Gasteiger partial charge on any atom is -0.382 e. The van der Waals surface area contributed by atoms with Crippen LogP contribution in [0.25, 0.3) is 0 Å². The van der Waals surface area contributed by atoms with E-state index in [4.69, 9.17) is 9.88 Å². The van der Waals surface area contributed by atoms with Gasteiger partial charge in [-0.05, 0) is 44.0 Å². The predicted octanol–water partition coefficient (Wildman–Crippen LogP) is 1.31. The van der Waals surface area contributed by atoms with Crippen LogP contribution in [0.1, 0.15) is 19.8 Å². The Balaban J connectivity index is 1.89. The van der Waals surface area contributed by atoms with Crippen molar-refractivity contribution >= 4 is 15.7 Å². The minimum absolute atomic E-state index is 0.133. The van der Waals surface area contributed by atoms with Gasteiger partial charge in [-0.3, -0.25) is 0 Å². The maximum Gasteiger partial charge on any atom is 0.238 e. The second-order valence-corrected chi connectivity index (χ2v) is 6.02. The Kier molecular flexibility index (Phi) is 3.89. The van der Waals surface area contributed by atoms with Crippen LogP contribution in [0.2, 0.25) is 0 Å². The van der Waals surface area contributed by atoms with Crippen molar-refractivity contribution in [1.82, 2.24) is 0 Å². The molecule has 2 rings (SSSR count). The fourth-order valence-corrected chi connectivity index (χ4v) is 2.55. The van der Waals surface area contributed by atoms with Gasteiger partial charge in [-0.2, -0.15) is 0 Å². The lowest BCUT2D eigenvalue weighted by Crippen LogP contribution is -2.40. The van der Waals surface area contributed by atoms with E-state index in [2.05, 4.69) is 5.32 Å². The molecule has 0 aromatic heterocycles. The Morgan fingerprint density at radius 2 is 1.94 bits per heavy atom. The van der Waals surface area contributed by atoms with Crippen molar-refractivity contribution < 1.29 is 13.2 Å². The average molecular weight is 270 g/mol. The second-order valence-electron chi connectivity index (χ2n) is 4.46. The summed E-state index contributed by atoms with van der Waals surface area (Å²) in [5, 5.41) is 8.36. The molecule has 0 atom stereocenters. The number of primary sulfonamides is 1. The molecule has 1 saturated carbocycles. The highest BCUT2D eigenvalue weighted by atomic mass is 32.2. The lowest BCUT2D eigenvalue weighted by atomic mass is 9.89. The third kappa shape index (κ3) is 3.22. The standard InChI is InChI=1S/C12H18N2O3S/c1-2-17-11-7-10(8-11)14-9-3-5-12(6-4-9)18(13,15)16/h3-6,10-11,14H,2,7-8H2,1H3,(H2,13,15,16). The van der Waals surface area contributed by atoms with E-state index in [0.29, 0.717) is 12.1 Å². The van der Waals surface area contributed by atoms with Gasteiger partial charge in [0.1, 0.15) is 0 Å². The fourth-order valence-electron chi connectivity index (χ4n) is 2.03. The highest BCUT2D eigenvalue weighted by Gasteiger charge is 2.29. The molecule has 0 bridgehead atoms. The quantitative estimate of drug-likeness (QED) is 0.845. The molecule has 1 aromatic rings. The summed E-state index contributed by atoms with van der Waals surface area (Å²) in [7, 11) is -3.60. The van der Waals surface area contributed by atoms with Crippen LogP contribution in [0.15, 0.2) is 29.2 Å². The van der Waals surface area contributed by atoms with E-state index in [1.54, 1.807) is 12.1 Å². The number of ether oxygens (including phenoxy) is 1. The van der Waals surface area contributed by atoms with Crippen LogP contribution in [0.4, 0.5) is 5.69 Å². The van der Waals surface area contributed by atoms with Crippen molar-refractivity contribution in [3.8, 4) is 0 Å². The number of hydrogen-bond acceptors (Lipinski definition) is 4. The van der Waals surface area contributed by atoms with Gasteiger partial charge < -0.3 is 10.1 Å². The molecule has 0 amide bonds. The Labute approximate surface area is 107 Å². The molecular weight excluding hydrogens is 252 g/mol. The summed E-state index contributed by atoms with van der Waals surface area (Å²) in [6.07, 6.45) is 2.34. The van der Waals surface area contributed by atoms with Crippen molar-refractivity contribution in [1.29, 1.82) is 0 Å². The molecule has 100 valence electrons. The molecule has 3 N–H and O–H groups in total. The fraction of sp³-hybridized carbons (Fsp3) is 0.500. The predicted molar refractivity (Wildman–Crippen MR) is 69.9 cm³/mol. The van der Waals surface area contributed by atoms with Gasteiger partial charge in [-0.15, -0.1) is 0 Å². The van der Waals surface area contributed by atoms with E-state index < -0.39 is 10.0 Å². The third-order valence-electron chi connectivity index (χ3n) is 3.05. The van der Waals surface area contributed by atoms with Gasteiger partial charge in [-0.25, -0.2) is 13.6 Å². The van der Waals surface area contributed by atoms with Crippen LogP contribution >= 0.6 is 0 Å². The Morgan fingerprint density at radius 1 is 1.33 bits per heavy atom. The number of nitrogens with one attached hydrogen (secondary N) is 1. The number of rotatable bonds is 5. The molecule has 1 aliphatic carbocycles. The first-order chi connectivity index (χ1) is 8.49. The number of anilines is 1. The summed E-state index contributed by atoms with van der Waals surface area (Å²) in [6, 6.07) is 6.88. The smallest absolute Gasteiger partial charge is 0.238 e. The van der Waals surface area contributed by atoms with E-state index >= 15 is 0 Å². The number of nitrogens with two attached hydrogens (primary N) is 1. The summed E-state index contributed by atoms with van der Waals surface area (Å²) in [4.78, 5) is 0.133. The number of hydrogen-bond donors (Lipinski definition) is 2. The van der Waals surface area contributed by atoms with Crippen molar-refractivity contribution in [2.75, 3.05) is 11.9 Å². The summed E-state index contributed by atoms with van der Waals surface area (Å²) in [5.41, 5.74) is 0.905. The van der Waals surface area contributed by atoms with Crippen molar-refractivity contribution in [2.24, 2.45) is 5.14 Å². The lowest BCUT2D eigenvalue weighted by molar-refractivity contribution is 0.00299. The largest absolute Gasteiger partial charge is 0.382 e. The van der Waals surface area contributed by atoms with E-state index in [-0.39, 0.29) is 4.90 Å². The highest BCUT2D eigenvalue weighted by molar-refractivity contribution is 7.89. The SMILES string of the molecule is CCOC1CC(Nc2ccc(S(N)(=O)=O)cc2)C1.